The van der Waals surface area contributed by atoms with Gasteiger partial charge in [0, 0.05) is 0 Å². The molecule has 0 aliphatic carbocycles. The third kappa shape index (κ3) is 12.4. The van der Waals surface area contributed by atoms with Gasteiger partial charge in [-0.05, 0) is 39.9 Å². The van der Waals surface area contributed by atoms with Gasteiger partial charge in [-0.3, -0.25) is 0 Å². The van der Waals surface area contributed by atoms with Crippen LogP contribution in [0.25, 0.3) is 0 Å². The summed E-state index contributed by atoms with van der Waals surface area (Å²) in [6.07, 6.45) is -2.83. The molecule has 0 aliphatic rings. The van der Waals surface area contributed by atoms with Gasteiger partial charge in [-0.1, -0.05) is 133 Å². The van der Waals surface area contributed by atoms with Crippen LogP contribution in [0.15, 0.2) is 152 Å². The quantitative estimate of drug-likeness (QED) is 0.0679. The van der Waals surface area contributed by atoms with Gasteiger partial charge >= 0.3 is 0 Å². The highest BCUT2D eigenvalue weighted by molar-refractivity contribution is 5.42. The van der Waals surface area contributed by atoms with Crippen molar-refractivity contribution >= 4 is 0 Å². The number of hydrogen-bond acceptors (Lipinski definition) is 8. The van der Waals surface area contributed by atoms with Gasteiger partial charge in [0.1, 0.15) is 30.5 Å². The maximum Gasteiger partial charge on any atom is 0.161 e. The van der Waals surface area contributed by atoms with Crippen LogP contribution in [0, 0.1) is 0 Å². The van der Waals surface area contributed by atoms with Crippen LogP contribution < -0.4 is 9.47 Å². The van der Waals surface area contributed by atoms with Crippen LogP contribution >= 0.6 is 0 Å². The Hall–Kier alpha value is -4.80. The molecule has 0 amide bonds. The highest BCUT2D eigenvalue weighted by Gasteiger charge is 2.41. The highest BCUT2D eigenvalue weighted by atomic mass is 16.6. The highest BCUT2D eigenvalue weighted by Crippen LogP contribution is 2.29. The Bertz CT molecular complexity index is 1740. The Morgan fingerprint density at radius 3 is 1.40 bits per heavy atom. The molecule has 0 radical (unpaired) electrons. The van der Waals surface area contributed by atoms with E-state index < -0.39 is 30.5 Å². The van der Waals surface area contributed by atoms with E-state index in [2.05, 4.69) is 6.58 Å². The van der Waals surface area contributed by atoms with Gasteiger partial charge in [0.15, 0.2) is 11.5 Å². The minimum atomic E-state index is -1.10. The zero-order chi connectivity index (χ0) is 37.1. The first-order valence-electron chi connectivity index (χ1n) is 17.8. The maximum absolute atomic E-state index is 11.5. The van der Waals surface area contributed by atoms with E-state index in [4.69, 9.17) is 33.2 Å². The first-order valence-corrected chi connectivity index (χ1v) is 17.8. The first-order chi connectivity index (χ1) is 26.1. The van der Waals surface area contributed by atoms with Gasteiger partial charge < -0.3 is 38.3 Å². The number of aliphatic hydroxyl groups is 1. The minimum Gasteiger partial charge on any atom is -0.493 e. The molecule has 0 saturated heterocycles. The van der Waals surface area contributed by atoms with Gasteiger partial charge in [-0.2, -0.15) is 0 Å². The van der Waals surface area contributed by atoms with E-state index in [0.29, 0.717) is 18.1 Å². The molecule has 8 heteroatoms. The summed E-state index contributed by atoms with van der Waals surface area (Å²) in [6.45, 7) is 5.36. The molecule has 5 atom stereocenters. The monoisotopic (exact) mass is 718 g/mol. The van der Waals surface area contributed by atoms with E-state index in [1.54, 1.807) is 14.2 Å². The van der Waals surface area contributed by atoms with Crippen LogP contribution in [-0.2, 0) is 56.7 Å². The molecule has 0 aromatic heterocycles. The third-order valence-electron chi connectivity index (χ3n) is 8.75. The summed E-state index contributed by atoms with van der Waals surface area (Å²) in [5, 5.41) is 11.5. The molecular weight excluding hydrogens is 668 g/mol. The molecule has 0 aliphatic heterocycles. The largest absolute Gasteiger partial charge is 0.493 e. The Balaban J connectivity index is 1.52. The number of methoxy groups -OCH3 is 2. The lowest BCUT2D eigenvalue weighted by Gasteiger charge is -2.38. The van der Waals surface area contributed by atoms with Crippen LogP contribution in [0.5, 0.6) is 11.5 Å². The summed E-state index contributed by atoms with van der Waals surface area (Å²) in [4.78, 5) is 0. The molecule has 0 unspecified atom stereocenters. The van der Waals surface area contributed by atoms with Crippen molar-refractivity contribution in [3.63, 3.8) is 0 Å². The molecule has 0 fully saturated rings. The predicted molar refractivity (Wildman–Crippen MR) is 205 cm³/mol. The molecular formula is C45H50O8. The SMILES string of the molecule is C=C[C@@H](O)[C@H](OCc1ccccc1)[C@@H](OCc1ccccc1)[C@H](OCc1ccccc1)[C@@H](COCc1ccccc1)OCc1ccc(OC)c(OC)c1. The lowest BCUT2D eigenvalue weighted by Crippen LogP contribution is -2.54. The fourth-order valence-corrected chi connectivity index (χ4v) is 5.89. The zero-order valence-electron chi connectivity index (χ0n) is 30.5. The molecule has 5 aromatic carbocycles. The lowest BCUT2D eigenvalue weighted by atomic mass is 9.97. The molecule has 0 heterocycles. The second-order valence-electron chi connectivity index (χ2n) is 12.5. The normalized spacial score (nSPS) is 14.1. The van der Waals surface area contributed by atoms with E-state index >= 15 is 0 Å². The fraction of sp³-hybridized carbons (Fsp3) is 0.289. The number of ether oxygens (including phenoxy) is 7. The van der Waals surface area contributed by atoms with Crippen molar-refractivity contribution in [3.05, 3.63) is 180 Å². The molecule has 53 heavy (non-hydrogen) atoms. The van der Waals surface area contributed by atoms with Crippen molar-refractivity contribution in [2.45, 2.75) is 63.6 Å². The molecule has 1 N–H and O–H groups in total. The summed E-state index contributed by atoms with van der Waals surface area (Å²) < 4.78 is 44.3. The van der Waals surface area contributed by atoms with E-state index in [-0.39, 0.29) is 33.0 Å². The molecule has 278 valence electrons. The van der Waals surface area contributed by atoms with Crippen molar-refractivity contribution in [1.82, 2.24) is 0 Å². The summed E-state index contributed by atoms with van der Waals surface area (Å²) in [5.41, 5.74) is 4.76. The Morgan fingerprint density at radius 1 is 0.491 bits per heavy atom. The number of aliphatic hydroxyl groups excluding tert-OH is 1. The van der Waals surface area contributed by atoms with Gasteiger partial charge in [-0.15, -0.1) is 6.58 Å². The van der Waals surface area contributed by atoms with Gasteiger partial charge in [0.05, 0.1) is 53.9 Å². The second-order valence-corrected chi connectivity index (χ2v) is 12.5. The summed E-state index contributed by atoms with van der Waals surface area (Å²) >= 11 is 0. The van der Waals surface area contributed by atoms with Crippen molar-refractivity contribution in [2.24, 2.45) is 0 Å². The van der Waals surface area contributed by atoms with Crippen LogP contribution in [0.1, 0.15) is 27.8 Å². The number of benzene rings is 5. The third-order valence-corrected chi connectivity index (χ3v) is 8.75. The molecule has 5 rings (SSSR count). The van der Waals surface area contributed by atoms with Gasteiger partial charge in [-0.25, -0.2) is 0 Å². The topological polar surface area (TPSA) is 84.8 Å². The summed E-state index contributed by atoms with van der Waals surface area (Å²) in [5.74, 6) is 1.21. The second kappa shape index (κ2) is 21.7. The molecule has 0 bridgehead atoms. The zero-order valence-corrected chi connectivity index (χ0v) is 30.5. The smallest absolute Gasteiger partial charge is 0.161 e. The fourth-order valence-electron chi connectivity index (χ4n) is 5.89. The number of rotatable bonds is 23. The predicted octanol–water partition coefficient (Wildman–Crippen LogP) is 8.11. The van der Waals surface area contributed by atoms with E-state index in [1.165, 1.54) is 6.08 Å². The Morgan fingerprint density at radius 2 is 0.925 bits per heavy atom. The number of hydrogen-bond donors (Lipinski definition) is 1. The van der Waals surface area contributed by atoms with Crippen LogP contribution in [-0.4, -0.2) is 56.5 Å². The Labute approximate surface area is 313 Å². The van der Waals surface area contributed by atoms with Gasteiger partial charge in [0.2, 0.25) is 0 Å². The van der Waals surface area contributed by atoms with E-state index in [9.17, 15) is 5.11 Å². The van der Waals surface area contributed by atoms with Crippen molar-refractivity contribution in [2.75, 3.05) is 20.8 Å². The minimum absolute atomic E-state index is 0.155. The first kappa shape index (κ1) is 39.4. The van der Waals surface area contributed by atoms with E-state index in [0.717, 1.165) is 27.8 Å². The standard InChI is InChI=1S/C45H50O8/c1-4-39(46)43(51-29-35-19-11-6-12-20-35)45(53-31-37-23-15-8-16-24-37)44(52-30-36-21-13-7-14-22-36)42(33-49-28-34-17-9-5-10-18-34)50-32-38-25-26-40(47-2)41(27-38)48-3/h4-27,39,42-46H,1,28-33H2,2-3H3/t39-,42-,43+,44-,45-/m1/s1. The molecule has 8 nitrogen and oxygen atoms in total. The van der Waals surface area contributed by atoms with Gasteiger partial charge in [0.25, 0.3) is 0 Å². The van der Waals surface area contributed by atoms with Crippen LogP contribution in [0.2, 0.25) is 0 Å². The maximum atomic E-state index is 11.5. The summed E-state index contributed by atoms with van der Waals surface area (Å²) in [6, 6.07) is 45.2. The Kier molecular flexibility index (Phi) is 16.1. The molecule has 0 spiro atoms. The van der Waals surface area contributed by atoms with Crippen molar-refractivity contribution < 1.29 is 38.3 Å². The molecule has 5 aromatic rings. The van der Waals surface area contributed by atoms with Crippen molar-refractivity contribution in [3.8, 4) is 11.5 Å². The van der Waals surface area contributed by atoms with Crippen molar-refractivity contribution in [1.29, 1.82) is 0 Å². The average molecular weight is 719 g/mol. The van der Waals surface area contributed by atoms with Crippen LogP contribution in [0.3, 0.4) is 0 Å². The summed E-state index contributed by atoms with van der Waals surface area (Å²) in [7, 11) is 3.21. The van der Waals surface area contributed by atoms with E-state index in [1.807, 2.05) is 140 Å². The average Bonchev–Trinajstić information content (AvgIpc) is 3.22. The molecule has 0 saturated carbocycles. The lowest BCUT2D eigenvalue weighted by molar-refractivity contribution is -0.211. The van der Waals surface area contributed by atoms with Crippen LogP contribution in [0.4, 0.5) is 0 Å².